The maximum atomic E-state index is 11.6. The van der Waals surface area contributed by atoms with E-state index in [4.69, 9.17) is 9.15 Å². The van der Waals surface area contributed by atoms with Crippen molar-refractivity contribution in [3.8, 4) is 0 Å². The van der Waals surface area contributed by atoms with Crippen molar-refractivity contribution in [3.63, 3.8) is 0 Å². The molecule has 0 aliphatic rings. The quantitative estimate of drug-likeness (QED) is 0.783. The number of aryl methyl sites for hydroxylation is 1. The van der Waals surface area contributed by atoms with Gasteiger partial charge in [-0.05, 0) is 26.8 Å². The summed E-state index contributed by atoms with van der Waals surface area (Å²) in [6.07, 6.45) is 1.43. The highest BCUT2D eigenvalue weighted by Crippen LogP contribution is 2.08. The van der Waals surface area contributed by atoms with E-state index in [0.717, 1.165) is 5.56 Å². The molecule has 0 spiro atoms. The van der Waals surface area contributed by atoms with E-state index in [1.807, 2.05) is 0 Å². The predicted molar refractivity (Wildman–Crippen MR) is 57.0 cm³/mol. The van der Waals surface area contributed by atoms with Crippen molar-refractivity contribution in [2.75, 3.05) is 6.61 Å². The monoisotopic (exact) mass is 225 g/mol. The molecule has 0 fully saturated rings. The van der Waals surface area contributed by atoms with Gasteiger partial charge in [0.1, 0.15) is 6.04 Å². The Morgan fingerprint density at radius 3 is 2.75 bits per heavy atom. The number of hydrogen-bond donors (Lipinski definition) is 1. The Bertz CT molecular complexity index is 383. The van der Waals surface area contributed by atoms with Crippen molar-refractivity contribution in [2.45, 2.75) is 26.8 Å². The number of rotatable bonds is 4. The van der Waals surface area contributed by atoms with Crippen molar-refractivity contribution in [1.29, 1.82) is 0 Å². The number of furan rings is 1. The molecule has 0 saturated heterocycles. The standard InChI is InChI=1S/C11H15NO4/c1-4-15-11(14)8(3)12-10(13)9-7(2)5-6-16-9/h5-6,8H,4H2,1-3H3,(H,12,13). The summed E-state index contributed by atoms with van der Waals surface area (Å²) in [6.45, 7) is 5.32. The number of carbonyl (C=O) groups is 2. The van der Waals surface area contributed by atoms with Crippen LogP contribution in [0.25, 0.3) is 0 Å². The summed E-state index contributed by atoms with van der Waals surface area (Å²) in [7, 11) is 0. The first-order valence-corrected chi connectivity index (χ1v) is 5.07. The molecule has 0 aromatic carbocycles. The number of hydrogen-bond acceptors (Lipinski definition) is 4. The first-order valence-electron chi connectivity index (χ1n) is 5.07. The van der Waals surface area contributed by atoms with Crippen molar-refractivity contribution in [1.82, 2.24) is 5.32 Å². The molecule has 1 amide bonds. The molecule has 0 aliphatic heterocycles. The highest BCUT2D eigenvalue weighted by molar-refractivity contribution is 5.95. The molecule has 0 aliphatic carbocycles. The number of nitrogens with one attached hydrogen (secondary N) is 1. The van der Waals surface area contributed by atoms with E-state index < -0.39 is 17.9 Å². The van der Waals surface area contributed by atoms with Gasteiger partial charge < -0.3 is 14.5 Å². The summed E-state index contributed by atoms with van der Waals surface area (Å²) in [5, 5.41) is 2.50. The minimum atomic E-state index is -0.683. The predicted octanol–water partition coefficient (Wildman–Crippen LogP) is 1.27. The van der Waals surface area contributed by atoms with Crippen LogP contribution in [0.5, 0.6) is 0 Å². The fraction of sp³-hybridized carbons (Fsp3) is 0.455. The van der Waals surface area contributed by atoms with E-state index in [1.54, 1.807) is 26.8 Å². The summed E-state index contributed by atoms with van der Waals surface area (Å²) in [4.78, 5) is 22.9. The van der Waals surface area contributed by atoms with E-state index in [1.165, 1.54) is 6.26 Å². The Morgan fingerprint density at radius 2 is 2.25 bits per heavy atom. The molecule has 1 N–H and O–H groups in total. The third-order valence-electron chi connectivity index (χ3n) is 2.06. The second-order valence-electron chi connectivity index (χ2n) is 3.38. The van der Waals surface area contributed by atoms with Crippen LogP contribution >= 0.6 is 0 Å². The average molecular weight is 225 g/mol. The molecule has 1 unspecified atom stereocenters. The van der Waals surface area contributed by atoms with Gasteiger partial charge in [-0.1, -0.05) is 0 Å². The van der Waals surface area contributed by atoms with Gasteiger partial charge in [0.2, 0.25) is 0 Å². The number of carbonyl (C=O) groups excluding carboxylic acids is 2. The summed E-state index contributed by atoms with van der Waals surface area (Å²) < 4.78 is 9.77. The van der Waals surface area contributed by atoms with Gasteiger partial charge in [-0.3, -0.25) is 4.79 Å². The number of amides is 1. The van der Waals surface area contributed by atoms with Gasteiger partial charge in [-0.15, -0.1) is 0 Å². The fourth-order valence-corrected chi connectivity index (χ4v) is 1.19. The second-order valence-corrected chi connectivity index (χ2v) is 3.38. The Hall–Kier alpha value is -1.78. The lowest BCUT2D eigenvalue weighted by Crippen LogP contribution is -2.39. The molecule has 1 aromatic heterocycles. The normalized spacial score (nSPS) is 11.9. The van der Waals surface area contributed by atoms with Crippen molar-refractivity contribution < 1.29 is 18.7 Å². The highest BCUT2D eigenvalue weighted by atomic mass is 16.5. The summed E-state index contributed by atoms with van der Waals surface area (Å²) >= 11 is 0. The van der Waals surface area contributed by atoms with Gasteiger partial charge >= 0.3 is 5.97 Å². The zero-order valence-electron chi connectivity index (χ0n) is 9.57. The molecule has 1 atom stereocenters. The van der Waals surface area contributed by atoms with Crippen LogP contribution in [0.15, 0.2) is 16.7 Å². The highest BCUT2D eigenvalue weighted by Gasteiger charge is 2.20. The summed E-state index contributed by atoms with van der Waals surface area (Å²) in [6, 6.07) is 1.00. The molecule has 0 bridgehead atoms. The third-order valence-corrected chi connectivity index (χ3v) is 2.06. The number of ether oxygens (including phenoxy) is 1. The Labute approximate surface area is 93.8 Å². The lowest BCUT2D eigenvalue weighted by Gasteiger charge is -2.11. The third kappa shape index (κ3) is 2.85. The van der Waals surface area contributed by atoms with Crippen LogP contribution in [-0.4, -0.2) is 24.5 Å². The van der Waals surface area contributed by atoms with E-state index in [2.05, 4.69) is 5.32 Å². The van der Waals surface area contributed by atoms with E-state index in [9.17, 15) is 9.59 Å². The van der Waals surface area contributed by atoms with Gasteiger partial charge in [0, 0.05) is 5.56 Å². The maximum absolute atomic E-state index is 11.6. The zero-order valence-corrected chi connectivity index (χ0v) is 9.57. The lowest BCUT2D eigenvalue weighted by molar-refractivity contribution is -0.144. The van der Waals surface area contributed by atoms with Crippen molar-refractivity contribution in [3.05, 3.63) is 23.7 Å². The summed E-state index contributed by atoms with van der Waals surface area (Å²) in [5.74, 6) is -0.653. The van der Waals surface area contributed by atoms with Crippen LogP contribution in [0, 0.1) is 6.92 Å². The smallest absolute Gasteiger partial charge is 0.328 e. The topological polar surface area (TPSA) is 68.5 Å². The molecule has 1 heterocycles. The van der Waals surface area contributed by atoms with Crippen LogP contribution in [0.3, 0.4) is 0 Å². The minimum absolute atomic E-state index is 0.219. The van der Waals surface area contributed by atoms with Gasteiger partial charge in [0.25, 0.3) is 5.91 Å². The first-order chi connectivity index (χ1) is 7.56. The average Bonchev–Trinajstić information content (AvgIpc) is 2.64. The molecular formula is C11H15NO4. The van der Waals surface area contributed by atoms with Crippen LogP contribution in [0.2, 0.25) is 0 Å². The Balaban J connectivity index is 2.58. The van der Waals surface area contributed by atoms with Crippen molar-refractivity contribution >= 4 is 11.9 Å². The second kappa shape index (κ2) is 5.34. The molecule has 0 radical (unpaired) electrons. The molecule has 16 heavy (non-hydrogen) atoms. The molecule has 0 saturated carbocycles. The lowest BCUT2D eigenvalue weighted by atomic mass is 10.2. The Morgan fingerprint density at radius 1 is 1.56 bits per heavy atom. The minimum Gasteiger partial charge on any atom is -0.464 e. The van der Waals surface area contributed by atoms with Crippen LogP contribution in [0.4, 0.5) is 0 Å². The van der Waals surface area contributed by atoms with Crippen LogP contribution < -0.4 is 5.32 Å². The van der Waals surface area contributed by atoms with E-state index in [0.29, 0.717) is 6.61 Å². The molecule has 88 valence electrons. The molecule has 5 nitrogen and oxygen atoms in total. The largest absolute Gasteiger partial charge is 0.464 e. The van der Waals surface area contributed by atoms with Crippen molar-refractivity contribution in [2.24, 2.45) is 0 Å². The Kier molecular flexibility index (Phi) is 4.10. The SMILES string of the molecule is CCOC(=O)C(C)NC(=O)c1occc1C. The van der Waals surface area contributed by atoms with Crippen LogP contribution in [-0.2, 0) is 9.53 Å². The van der Waals surface area contributed by atoms with E-state index in [-0.39, 0.29) is 5.76 Å². The fourth-order valence-electron chi connectivity index (χ4n) is 1.19. The molecule has 1 aromatic rings. The van der Waals surface area contributed by atoms with Crippen LogP contribution in [0.1, 0.15) is 30.0 Å². The molecule has 5 heteroatoms. The molecular weight excluding hydrogens is 210 g/mol. The first kappa shape index (κ1) is 12.3. The van der Waals surface area contributed by atoms with Gasteiger partial charge in [0.05, 0.1) is 12.9 Å². The maximum Gasteiger partial charge on any atom is 0.328 e. The van der Waals surface area contributed by atoms with Gasteiger partial charge in [0.15, 0.2) is 5.76 Å². The summed E-state index contributed by atoms with van der Waals surface area (Å²) in [5.41, 5.74) is 0.730. The molecule has 1 rings (SSSR count). The number of esters is 1. The van der Waals surface area contributed by atoms with Gasteiger partial charge in [-0.25, -0.2) is 4.79 Å². The van der Waals surface area contributed by atoms with E-state index >= 15 is 0 Å². The van der Waals surface area contributed by atoms with Gasteiger partial charge in [-0.2, -0.15) is 0 Å². The zero-order chi connectivity index (χ0) is 12.1.